The van der Waals surface area contributed by atoms with E-state index in [9.17, 15) is 4.79 Å². The van der Waals surface area contributed by atoms with Gasteiger partial charge in [-0.15, -0.1) is 0 Å². The molecule has 0 atom stereocenters. The number of hydrogen-bond donors (Lipinski definition) is 1. The third-order valence-corrected chi connectivity index (χ3v) is 5.59. The van der Waals surface area contributed by atoms with Gasteiger partial charge in [-0.05, 0) is 55.9 Å². The first-order chi connectivity index (χ1) is 13.2. The smallest absolute Gasteiger partial charge is 0.260 e. The number of fused-ring (bicyclic) bond motifs is 1. The van der Waals surface area contributed by atoms with Crippen molar-refractivity contribution in [1.29, 1.82) is 0 Å². The van der Waals surface area contributed by atoms with Crippen LogP contribution in [0.15, 0.2) is 54.6 Å². The molecule has 4 heteroatoms. The lowest BCUT2D eigenvalue weighted by atomic mass is 9.89. The summed E-state index contributed by atoms with van der Waals surface area (Å²) in [6.45, 7) is 3.93. The number of para-hydroxylation sites is 2. The highest BCUT2D eigenvalue weighted by Crippen LogP contribution is 2.28. The minimum absolute atomic E-state index is 0.0839. The van der Waals surface area contributed by atoms with Crippen molar-refractivity contribution in [3.63, 3.8) is 0 Å². The molecule has 2 aromatic carbocycles. The Morgan fingerprint density at radius 3 is 2.56 bits per heavy atom. The largest absolute Gasteiger partial charge is 0.484 e. The van der Waals surface area contributed by atoms with Crippen LogP contribution in [0.4, 0.5) is 0 Å². The molecule has 0 aliphatic carbocycles. The Bertz CT molecular complexity index is 909. The Morgan fingerprint density at radius 1 is 1.07 bits per heavy atom. The Balaban J connectivity index is 1.31. The monoisotopic (exact) mass is 362 g/mol. The number of ether oxygens (including phenoxy) is 1. The molecule has 0 unspecified atom stereocenters. The summed E-state index contributed by atoms with van der Waals surface area (Å²) < 4.78 is 5.60. The van der Waals surface area contributed by atoms with Crippen LogP contribution in [-0.4, -0.2) is 35.5 Å². The minimum atomic E-state index is 0.0839. The molecule has 1 saturated heterocycles. The maximum absolute atomic E-state index is 12.4. The maximum Gasteiger partial charge on any atom is 0.260 e. The molecular weight excluding hydrogens is 336 g/mol. The Kier molecular flexibility index (Phi) is 5.14. The first kappa shape index (κ1) is 17.7. The molecule has 1 N–H and O–H groups in total. The number of hydrogen-bond acceptors (Lipinski definition) is 2. The van der Waals surface area contributed by atoms with E-state index in [0.717, 1.165) is 38.1 Å². The Hall–Kier alpha value is -2.75. The van der Waals surface area contributed by atoms with E-state index in [1.165, 1.54) is 22.2 Å². The summed E-state index contributed by atoms with van der Waals surface area (Å²) in [6.07, 6.45) is 3.18. The van der Waals surface area contributed by atoms with Crippen LogP contribution in [0.1, 0.15) is 24.1 Å². The molecule has 0 saturated carbocycles. The summed E-state index contributed by atoms with van der Waals surface area (Å²) in [7, 11) is 0. The summed E-state index contributed by atoms with van der Waals surface area (Å²) in [5.74, 6) is 1.46. The molecule has 0 radical (unpaired) electrons. The number of benzene rings is 2. The van der Waals surface area contributed by atoms with Crippen molar-refractivity contribution in [1.82, 2.24) is 9.88 Å². The number of rotatable bonds is 5. The van der Waals surface area contributed by atoms with Crippen LogP contribution < -0.4 is 4.74 Å². The van der Waals surface area contributed by atoms with Gasteiger partial charge in [0, 0.05) is 29.7 Å². The summed E-state index contributed by atoms with van der Waals surface area (Å²) >= 11 is 0. The van der Waals surface area contributed by atoms with E-state index in [2.05, 4.69) is 36.2 Å². The lowest BCUT2D eigenvalue weighted by molar-refractivity contribution is -0.134. The van der Waals surface area contributed by atoms with Gasteiger partial charge >= 0.3 is 0 Å². The van der Waals surface area contributed by atoms with Crippen molar-refractivity contribution >= 4 is 16.8 Å². The average Bonchev–Trinajstić information content (AvgIpc) is 3.03. The molecule has 3 aromatic rings. The van der Waals surface area contributed by atoms with Gasteiger partial charge < -0.3 is 14.6 Å². The zero-order valence-electron chi connectivity index (χ0n) is 15.8. The number of carbonyl (C=O) groups is 1. The van der Waals surface area contributed by atoms with Gasteiger partial charge in [-0.25, -0.2) is 0 Å². The third kappa shape index (κ3) is 4.00. The SMILES string of the molecule is Cc1[nH]c2ccccc2c1CC1CCN(C(=O)COc2ccccc2)CC1. The molecule has 1 aromatic heterocycles. The quantitative estimate of drug-likeness (QED) is 0.734. The number of piperidine rings is 1. The van der Waals surface area contributed by atoms with E-state index >= 15 is 0 Å². The highest BCUT2D eigenvalue weighted by atomic mass is 16.5. The number of aromatic amines is 1. The van der Waals surface area contributed by atoms with Crippen LogP contribution in [0.3, 0.4) is 0 Å². The highest BCUT2D eigenvalue weighted by molar-refractivity contribution is 5.84. The van der Waals surface area contributed by atoms with Crippen LogP contribution in [0.5, 0.6) is 5.75 Å². The van der Waals surface area contributed by atoms with Gasteiger partial charge in [0.05, 0.1) is 0 Å². The fourth-order valence-corrected chi connectivity index (χ4v) is 4.03. The van der Waals surface area contributed by atoms with Gasteiger partial charge in [-0.1, -0.05) is 36.4 Å². The van der Waals surface area contributed by atoms with Crippen LogP contribution in [-0.2, 0) is 11.2 Å². The summed E-state index contributed by atoms with van der Waals surface area (Å²) in [5, 5.41) is 1.34. The van der Waals surface area contributed by atoms with Crippen molar-refractivity contribution in [3.05, 3.63) is 65.9 Å². The highest BCUT2D eigenvalue weighted by Gasteiger charge is 2.24. The first-order valence-electron chi connectivity index (χ1n) is 9.72. The van der Waals surface area contributed by atoms with E-state index in [-0.39, 0.29) is 12.5 Å². The van der Waals surface area contributed by atoms with Crippen molar-refractivity contribution in [2.75, 3.05) is 19.7 Å². The van der Waals surface area contributed by atoms with Crippen molar-refractivity contribution in [2.24, 2.45) is 5.92 Å². The molecule has 4 nitrogen and oxygen atoms in total. The number of amides is 1. The predicted molar refractivity (Wildman–Crippen MR) is 108 cm³/mol. The van der Waals surface area contributed by atoms with E-state index in [1.807, 2.05) is 35.2 Å². The average molecular weight is 362 g/mol. The standard InChI is InChI=1S/C23H26N2O2/c1-17-21(20-9-5-6-10-22(20)24-17)15-18-11-13-25(14-12-18)23(26)16-27-19-7-3-2-4-8-19/h2-10,18,24H,11-16H2,1H3. The lowest BCUT2D eigenvalue weighted by Gasteiger charge is -2.32. The van der Waals surface area contributed by atoms with Crippen molar-refractivity contribution in [2.45, 2.75) is 26.2 Å². The first-order valence-corrected chi connectivity index (χ1v) is 9.72. The zero-order chi connectivity index (χ0) is 18.6. The number of carbonyl (C=O) groups excluding carboxylic acids is 1. The number of nitrogens with zero attached hydrogens (tertiary/aromatic N) is 1. The van der Waals surface area contributed by atoms with Crippen molar-refractivity contribution in [3.8, 4) is 5.75 Å². The molecule has 1 fully saturated rings. The number of likely N-dealkylation sites (tertiary alicyclic amines) is 1. The molecule has 140 valence electrons. The number of nitrogens with one attached hydrogen (secondary N) is 1. The van der Waals surface area contributed by atoms with Gasteiger partial charge in [0.1, 0.15) is 5.75 Å². The van der Waals surface area contributed by atoms with Gasteiger partial charge in [-0.2, -0.15) is 0 Å². The van der Waals surface area contributed by atoms with Crippen molar-refractivity contribution < 1.29 is 9.53 Å². The molecule has 4 rings (SSSR count). The van der Waals surface area contributed by atoms with Crippen LogP contribution in [0.25, 0.3) is 10.9 Å². The second-order valence-corrected chi connectivity index (χ2v) is 7.40. The topological polar surface area (TPSA) is 45.3 Å². The van der Waals surface area contributed by atoms with Gasteiger partial charge in [0.2, 0.25) is 0 Å². The van der Waals surface area contributed by atoms with Gasteiger partial charge in [-0.3, -0.25) is 4.79 Å². The summed E-state index contributed by atoms with van der Waals surface area (Å²) in [6, 6.07) is 18.0. The van der Waals surface area contributed by atoms with E-state index in [4.69, 9.17) is 4.74 Å². The number of aromatic nitrogens is 1. The molecule has 2 heterocycles. The fraction of sp³-hybridized carbons (Fsp3) is 0.348. The molecule has 0 spiro atoms. The number of aryl methyl sites for hydroxylation is 1. The molecule has 1 aliphatic rings. The summed E-state index contributed by atoms with van der Waals surface area (Å²) in [4.78, 5) is 17.9. The van der Waals surface area contributed by atoms with E-state index in [1.54, 1.807) is 0 Å². The van der Waals surface area contributed by atoms with Gasteiger partial charge in [0.25, 0.3) is 5.91 Å². The molecule has 27 heavy (non-hydrogen) atoms. The van der Waals surface area contributed by atoms with Gasteiger partial charge in [0.15, 0.2) is 6.61 Å². The third-order valence-electron chi connectivity index (χ3n) is 5.59. The Morgan fingerprint density at radius 2 is 1.78 bits per heavy atom. The Labute approximate surface area is 160 Å². The molecule has 1 aliphatic heterocycles. The second-order valence-electron chi connectivity index (χ2n) is 7.40. The summed E-state index contributed by atoms with van der Waals surface area (Å²) in [5.41, 5.74) is 3.92. The van der Waals surface area contributed by atoms with Crippen LogP contribution in [0.2, 0.25) is 0 Å². The second kappa shape index (κ2) is 7.87. The molecular formula is C23H26N2O2. The van der Waals surface area contributed by atoms with Crippen LogP contribution in [0, 0.1) is 12.8 Å². The zero-order valence-corrected chi connectivity index (χ0v) is 15.8. The van der Waals surface area contributed by atoms with E-state index < -0.39 is 0 Å². The normalized spacial score (nSPS) is 15.2. The maximum atomic E-state index is 12.4. The molecule has 1 amide bonds. The molecule has 0 bridgehead atoms. The fourth-order valence-electron chi connectivity index (χ4n) is 4.03. The van der Waals surface area contributed by atoms with Crippen LogP contribution >= 0.6 is 0 Å². The lowest BCUT2D eigenvalue weighted by Crippen LogP contribution is -2.41. The minimum Gasteiger partial charge on any atom is -0.484 e. The van der Waals surface area contributed by atoms with E-state index in [0.29, 0.717) is 5.92 Å². The number of H-pyrrole nitrogens is 1. The predicted octanol–water partition coefficient (Wildman–Crippen LogP) is 4.34.